The van der Waals surface area contributed by atoms with Crippen LogP contribution in [0.15, 0.2) is 17.2 Å². The summed E-state index contributed by atoms with van der Waals surface area (Å²) in [6.07, 6.45) is 8.20. The van der Waals surface area contributed by atoms with Crippen LogP contribution in [-0.4, -0.2) is 35.2 Å². The van der Waals surface area contributed by atoms with Gasteiger partial charge in [-0.3, -0.25) is 4.79 Å². The van der Waals surface area contributed by atoms with Crippen LogP contribution in [0, 0.1) is 0 Å². The number of hydrogen-bond acceptors (Lipinski definition) is 4. The summed E-state index contributed by atoms with van der Waals surface area (Å²) in [7, 11) is 0. The summed E-state index contributed by atoms with van der Waals surface area (Å²) < 4.78 is 1.76. The predicted molar refractivity (Wildman–Crippen MR) is 82.3 cm³/mol. The van der Waals surface area contributed by atoms with Gasteiger partial charge in [-0.1, -0.05) is 13.3 Å². The molecule has 1 N–H and O–H groups in total. The second kappa shape index (κ2) is 7.43. The van der Waals surface area contributed by atoms with Crippen LogP contribution in [-0.2, 0) is 6.54 Å². The molecule has 1 aliphatic heterocycles. The standard InChI is InChI=1S/C15H26N4O/c1-3-10-19-11-9-17-14(15(19)20)18(4-2)12-13-7-5-6-8-16-13/h9,11,13,16H,3-8,10,12H2,1-2H3. The first-order valence-corrected chi connectivity index (χ1v) is 7.80. The topological polar surface area (TPSA) is 50.2 Å². The van der Waals surface area contributed by atoms with Crippen LogP contribution in [0.3, 0.4) is 0 Å². The fraction of sp³-hybridized carbons (Fsp3) is 0.733. The maximum atomic E-state index is 12.4. The van der Waals surface area contributed by atoms with Crippen molar-refractivity contribution in [1.29, 1.82) is 0 Å². The summed E-state index contributed by atoms with van der Waals surface area (Å²) in [6, 6.07) is 0.477. The van der Waals surface area contributed by atoms with Crippen LogP contribution < -0.4 is 15.8 Å². The van der Waals surface area contributed by atoms with Crippen molar-refractivity contribution >= 4 is 5.82 Å². The number of nitrogens with one attached hydrogen (secondary N) is 1. The normalized spacial score (nSPS) is 19.0. The molecule has 1 aromatic rings. The van der Waals surface area contributed by atoms with E-state index < -0.39 is 0 Å². The zero-order valence-corrected chi connectivity index (χ0v) is 12.6. The van der Waals surface area contributed by atoms with Crippen molar-refractivity contribution in [2.24, 2.45) is 0 Å². The van der Waals surface area contributed by atoms with Crippen LogP contribution in [0.1, 0.15) is 39.5 Å². The Hall–Kier alpha value is -1.36. The first-order valence-electron chi connectivity index (χ1n) is 7.80. The van der Waals surface area contributed by atoms with E-state index in [-0.39, 0.29) is 5.56 Å². The Labute approximate surface area is 121 Å². The quantitative estimate of drug-likeness (QED) is 0.859. The fourth-order valence-corrected chi connectivity index (χ4v) is 2.78. The van der Waals surface area contributed by atoms with Gasteiger partial charge in [0.05, 0.1) is 0 Å². The van der Waals surface area contributed by atoms with Crippen molar-refractivity contribution in [3.63, 3.8) is 0 Å². The number of nitrogens with zero attached hydrogens (tertiary/aromatic N) is 3. The molecular formula is C15H26N4O. The highest BCUT2D eigenvalue weighted by molar-refractivity contribution is 5.35. The maximum Gasteiger partial charge on any atom is 0.293 e. The molecule has 0 amide bonds. The largest absolute Gasteiger partial charge is 0.351 e. The van der Waals surface area contributed by atoms with Gasteiger partial charge in [0.25, 0.3) is 5.56 Å². The Bertz CT molecular complexity index is 465. The van der Waals surface area contributed by atoms with E-state index in [4.69, 9.17) is 0 Å². The summed E-state index contributed by atoms with van der Waals surface area (Å²) in [6.45, 7) is 7.70. The molecule has 0 spiro atoms. The number of rotatable bonds is 6. The number of aromatic nitrogens is 2. The van der Waals surface area contributed by atoms with E-state index in [2.05, 4.69) is 29.0 Å². The summed E-state index contributed by atoms with van der Waals surface area (Å²) in [4.78, 5) is 18.9. The van der Waals surface area contributed by atoms with Crippen molar-refractivity contribution in [3.8, 4) is 0 Å². The average molecular weight is 278 g/mol. The molecule has 112 valence electrons. The van der Waals surface area contributed by atoms with Gasteiger partial charge in [0.2, 0.25) is 0 Å². The summed E-state index contributed by atoms with van der Waals surface area (Å²) in [5.74, 6) is 0.593. The highest BCUT2D eigenvalue weighted by Crippen LogP contribution is 2.11. The molecule has 20 heavy (non-hydrogen) atoms. The molecule has 5 nitrogen and oxygen atoms in total. The third-order valence-corrected chi connectivity index (χ3v) is 3.89. The van der Waals surface area contributed by atoms with Gasteiger partial charge < -0.3 is 14.8 Å². The molecule has 0 aliphatic carbocycles. The number of aryl methyl sites for hydroxylation is 1. The molecule has 0 bridgehead atoms. The average Bonchev–Trinajstić information content (AvgIpc) is 2.49. The van der Waals surface area contributed by atoms with Crippen molar-refractivity contribution in [1.82, 2.24) is 14.9 Å². The SMILES string of the molecule is CCCn1ccnc(N(CC)CC2CCCCN2)c1=O. The van der Waals surface area contributed by atoms with E-state index in [1.807, 2.05) is 0 Å². The minimum Gasteiger partial charge on any atom is -0.351 e. The lowest BCUT2D eigenvalue weighted by Gasteiger charge is -2.30. The van der Waals surface area contributed by atoms with Gasteiger partial charge in [0.1, 0.15) is 0 Å². The third-order valence-electron chi connectivity index (χ3n) is 3.89. The molecule has 1 fully saturated rings. The first-order chi connectivity index (χ1) is 9.76. The molecule has 1 unspecified atom stereocenters. The van der Waals surface area contributed by atoms with E-state index in [0.29, 0.717) is 11.9 Å². The van der Waals surface area contributed by atoms with Crippen molar-refractivity contribution in [3.05, 3.63) is 22.7 Å². The molecule has 1 aromatic heterocycles. The lowest BCUT2D eigenvalue weighted by Crippen LogP contribution is -2.45. The van der Waals surface area contributed by atoms with E-state index in [1.54, 1.807) is 17.0 Å². The maximum absolute atomic E-state index is 12.4. The molecule has 1 saturated heterocycles. The highest BCUT2D eigenvalue weighted by atomic mass is 16.1. The second-order valence-electron chi connectivity index (χ2n) is 5.43. The Morgan fingerprint density at radius 2 is 2.30 bits per heavy atom. The van der Waals surface area contributed by atoms with Crippen molar-refractivity contribution in [2.75, 3.05) is 24.5 Å². The van der Waals surface area contributed by atoms with Gasteiger partial charge in [-0.2, -0.15) is 0 Å². The van der Waals surface area contributed by atoms with E-state index in [9.17, 15) is 4.79 Å². The van der Waals surface area contributed by atoms with Crippen LogP contribution >= 0.6 is 0 Å². The fourth-order valence-electron chi connectivity index (χ4n) is 2.78. The monoisotopic (exact) mass is 278 g/mol. The second-order valence-corrected chi connectivity index (χ2v) is 5.43. The van der Waals surface area contributed by atoms with Crippen LogP contribution in [0.25, 0.3) is 0 Å². The Balaban J connectivity index is 2.14. The molecule has 0 aromatic carbocycles. The summed E-state index contributed by atoms with van der Waals surface area (Å²) >= 11 is 0. The Kier molecular flexibility index (Phi) is 5.59. The summed E-state index contributed by atoms with van der Waals surface area (Å²) in [5, 5.41) is 3.53. The van der Waals surface area contributed by atoms with Crippen LogP contribution in [0.4, 0.5) is 5.82 Å². The number of piperidine rings is 1. The van der Waals surface area contributed by atoms with E-state index >= 15 is 0 Å². The highest BCUT2D eigenvalue weighted by Gasteiger charge is 2.19. The Morgan fingerprint density at radius 3 is 2.95 bits per heavy atom. The van der Waals surface area contributed by atoms with E-state index in [1.165, 1.54) is 19.3 Å². The van der Waals surface area contributed by atoms with Gasteiger partial charge in [-0.15, -0.1) is 0 Å². The Morgan fingerprint density at radius 1 is 1.45 bits per heavy atom. The number of hydrogen-bond donors (Lipinski definition) is 1. The molecule has 1 atom stereocenters. The lowest BCUT2D eigenvalue weighted by molar-refractivity contribution is 0.399. The molecule has 1 aliphatic rings. The summed E-state index contributed by atoms with van der Waals surface area (Å²) in [5.41, 5.74) is 0.0343. The minimum absolute atomic E-state index is 0.0343. The smallest absolute Gasteiger partial charge is 0.293 e. The van der Waals surface area contributed by atoms with E-state index in [0.717, 1.165) is 32.6 Å². The van der Waals surface area contributed by atoms with Gasteiger partial charge in [-0.05, 0) is 32.7 Å². The number of likely N-dealkylation sites (N-methyl/N-ethyl adjacent to an activating group) is 1. The molecule has 0 radical (unpaired) electrons. The minimum atomic E-state index is 0.0343. The predicted octanol–water partition coefficient (Wildman–Crippen LogP) is 1.62. The molecular weight excluding hydrogens is 252 g/mol. The van der Waals surface area contributed by atoms with Crippen molar-refractivity contribution in [2.45, 2.75) is 52.1 Å². The van der Waals surface area contributed by atoms with Crippen molar-refractivity contribution < 1.29 is 0 Å². The molecule has 5 heteroatoms. The van der Waals surface area contributed by atoms with Gasteiger partial charge in [0, 0.05) is 38.1 Å². The third kappa shape index (κ3) is 3.60. The van der Waals surface area contributed by atoms with Crippen LogP contribution in [0.2, 0.25) is 0 Å². The molecule has 2 rings (SSSR count). The first kappa shape index (κ1) is 15.0. The van der Waals surface area contributed by atoms with Gasteiger partial charge >= 0.3 is 0 Å². The zero-order chi connectivity index (χ0) is 14.4. The molecule has 2 heterocycles. The molecule has 0 saturated carbocycles. The number of anilines is 1. The van der Waals surface area contributed by atoms with Gasteiger partial charge in [0.15, 0.2) is 5.82 Å². The zero-order valence-electron chi connectivity index (χ0n) is 12.6. The van der Waals surface area contributed by atoms with Crippen LogP contribution in [0.5, 0.6) is 0 Å². The van der Waals surface area contributed by atoms with Gasteiger partial charge in [-0.25, -0.2) is 4.98 Å². The lowest BCUT2D eigenvalue weighted by atomic mass is 10.0.